The molecule has 0 radical (unpaired) electrons. The number of carbonyl (C=O) groups is 2. The van der Waals surface area contributed by atoms with Crippen LogP contribution in [0.15, 0.2) is 95.5 Å². The predicted molar refractivity (Wildman–Crippen MR) is 133 cm³/mol. The third kappa shape index (κ3) is 6.14. The Bertz CT molecular complexity index is 1270. The van der Waals surface area contributed by atoms with Crippen molar-refractivity contribution >= 4 is 11.8 Å². The Hall–Kier alpha value is -4.39. The number of rotatable bonds is 9. The molecule has 0 aliphatic heterocycles. The molecular weight excluding hydrogens is 442 g/mol. The van der Waals surface area contributed by atoms with E-state index < -0.39 is 11.9 Å². The van der Waals surface area contributed by atoms with Crippen LogP contribution < -0.4 is 10.1 Å². The van der Waals surface area contributed by atoms with Gasteiger partial charge in [-0.3, -0.25) is 9.59 Å². The number of hydrogen-bond donors (Lipinski definition) is 1. The molecule has 3 aromatic carbocycles. The van der Waals surface area contributed by atoms with Gasteiger partial charge in [0.15, 0.2) is 11.5 Å². The van der Waals surface area contributed by atoms with Crippen molar-refractivity contribution in [1.29, 1.82) is 0 Å². The molecule has 7 nitrogen and oxygen atoms in total. The molecule has 178 valence electrons. The summed E-state index contributed by atoms with van der Waals surface area (Å²) in [6, 6.07) is 27.4. The second-order valence-electron chi connectivity index (χ2n) is 8.20. The first-order valence-corrected chi connectivity index (χ1v) is 11.3. The van der Waals surface area contributed by atoms with Crippen molar-refractivity contribution in [2.45, 2.75) is 19.0 Å². The van der Waals surface area contributed by atoms with Crippen LogP contribution in [0.2, 0.25) is 0 Å². The topological polar surface area (TPSA) is 84.7 Å². The van der Waals surface area contributed by atoms with Crippen molar-refractivity contribution in [3.05, 3.63) is 108 Å². The van der Waals surface area contributed by atoms with E-state index in [1.54, 1.807) is 31.2 Å². The molecule has 4 rings (SSSR count). The summed E-state index contributed by atoms with van der Waals surface area (Å²) < 4.78 is 10.6. The summed E-state index contributed by atoms with van der Waals surface area (Å²) in [5.41, 5.74) is 2.78. The molecule has 0 fully saturated rings. The van der Waals surface area contributed by atoms with Crippen LogP contribution in [0.5, 0.6) is 5.75 Å². The van der Waals surface area contributed by atoms with Gasteiger partial charge in [0.05, 0.1) is 7.11 Å². The number of carbonyl (C=O) groups excluding carboxylic acids is 2. The van der Waals surface area contributed by atoms with Crippen LogP contribution >= 0.6 is 0 Å². The number of amides is 2. The number of benzene rings is 3. The molecule has 2 amide bonds. The summed E-state index contributed by atoms with van der Waals surface area (Å²) in [7, 11) is 3.31. The van der Waals surface area contributed by atoms with Crippen LogP contribution in [0.1, 0.15) is 21.6 Å². The highest BCUT2D eigenvalue weighted by Gasteiger charge is 2.26. The van der Waals surface area contributed by atoms with Crippen LogP contribution in [0.25, 0.3) is 11.3 Å². The normalized spacial score (nSPS) is 11.5. The van der Waals surface area contributed by atoms with E-state index in [0.29, 0.717) is 24.5 Å². The first-order valence-electron chi connectivity index (χ1n) is 11.3. The standard InChI is InChI=1S/C28H27N3O4/c1-31(19-21-12-7-4-8-13-21)28(33)25(16-20-10-5-3-6-11-20)29-27(32)24-18-26(35-30-24)22-14-9-15-23(17-22)34-2/h3-15,17-18,25H,16,19H2,1-2H3,(H,29,32)/t25-/m0/s1. The van der Waals surface area contributed by atoms with Crippen molar-refractivity contribution in [3.8, 4) is 17.1 Å². The lowest BCUT2D eigenvalue weighted by molar-refractivity contribution is -0.132. The van der Waals surface area contributed by atoms with E-state index in [0.717, 1.165) is 16.7 Å². The van der Waals surface area contributed by atoms with Crippen LogP contribution in [-0.4, -0.2) is 42.1 Å². The lowest BCUT2D eigenvalue weighted by Crippen LogP contribution is -2.48. The summed E-state index contributed by atoms with van der Waals surface area (Å²) in [6.45, 7) is 0.435. The Morgan fingerprint density at radius 2 is 1.63 bits per heavy atom. The Labute approximate surface area is 204 Å². The number of methoxy groups -OCH3 is 1. The summed E-state index contributed by atoms with van der Waals surface area (Å²) >= 11 is 0. The highest BCUT2D eigenvalue weighted by atomic mass is 16.5. The summed E-state index contributed by atoms with van der Waals surface area (Å²) in [4.78, 5) is 28.1. The van der Waals surface area contributed by atoms with Gasteiger partial charge in [0.25, 0.3) is 5.91 Å². The van der Waals surface area contributed by atoms with Crippen LogP contribution in [0.4, 0.5) is 0 Å². The molecular formula is C28H27N3O4. The molecule has 1 N–H and O–H groups in total. The highest BCUT2D eigenvalue weighted by molar-refractivity contribution is 5.96. The van der Waals surface area contributed by atoms with E-state index in [-0.39, 0.29) is 11.6 Å². The zero-order chi connectivity index (χ0) is 24.6. The van der Waals surface area contributed by atoms with E-state index in [9.17, 15) is 9.59 Å². The molecule has 1 atom stereocenters. The summed E-state index contributed by atoms with van der Waals surface area (Å²) in [6.07, 6.45) is 0.352. The van der Waals surface area contributed by atoms with Gasteiger partial charge in [0.1, 0.15) is 11.8 Å². The van der Waals surface area contributed by atoms with Gasteiger partial charge in [-0.2, -0.15) is 0 Å². The number of nitrogens with zero attached hydrogens (tertiary/aromatic N) is 2. The Morgan fingerprint density at radius 1 is 0.943 bits per heavy atom. The molecule has 4 aromatic rings. The largest absolute Gasteiger partial charge is 0.497 e. The fourth-order valence-corrected chi connectivity index (χ4v) is 3.78. The SMILES string of the molecule is COc1cccc(-c2cc(C(=O)N[C@@H](Cc3ccccc3)C(=O)N(C)Cc3ccccc3)no2)c1. The quantitative estimate of drug-likeness (QED) is 0.394. The molecule has 0 unspecified atom stereocenters. The van der Waals surface area contributed by atoms with Gasteiger partial charge in [0.2, 0.25) is 5.91 Å². The highest BCUT2D eigenvalue weighted by Crippen LogP contribution is 2.24. The molecule has 0 aliphatic carbocycles. The maximum Gasteiger partial charge on any atom is 0.274 e. The first kappa shape index (κ1) is 23.8. The first-order chi connectivity index (χ1) is 17.0. The smallest absolute Gasteiger partial charge is 0.274 e. The van der Waals surface area contributed by atoms with Crippen LogP contribution in [0.3, 0.4) is 0 Å². The van der Waals surface area contributed by atoms with Crippen molar-refractivity contribution in [2.24, 2.45) is 0 Å². The molecule has 0 spiro atoms. The molecule has 0 saturated carbocycles. The number of hydrogen-bond acceptors (Lipinski definition) is 5. The van der Waals surface area contributed by atoms with Gasteiger partial charge < -0.3 is 19.5 Å². The minimum absolute atomic E-state index is 0.0967. The fourth-order valence-electron chi connectivity index (χ4n) is 3.78. The van der Waals surface area contributed by atoms with E-state index in [1.807, 2.05) is 78.9 Å². The minimum atomic E-state index is -0.768. The van der Waals surface area contributed by atoms with Crippen molar-refractivity contribution in [1.82, 2.24) is 15.4 Å². The molecule has 1 heterocycles. The second-order valence-corrected chi connectivity index (χ2v) is 8.20. The minimum Gasteiger partial charge on any atom is -0.497 e. The van der Waals surface area contributed by atoms with Crippen molar-refractivity contribution in [2.75, 3.05) is 14.2 Å². The average molecular weight is 470 g/mol. The second kappa shape index (κ2) is 11.2. The maximum absolute atomic E-state index is 13.4. The van der Waals surface area contributed by atoms with Gasteiger partial charge in [-0.15, -0.1) is 0 Å². The Kier molecular flexibility index (Phi) is 7.57. The number of aromatic nitrogens is 1. The molecule has 0 bridgehead atoms. The lowest BCUT2D eigenvalue weighted by Gasteiger charge is -2.24. The van der Waals surface area contributed by atoms with E-state index in [2.05, 4.69) is 10.5 Å². The summed E-state index contributed by atoms with van der Waals surface area (Å²) in [5.74, 6) is 0.425. The van der Waals surface area contributed by atoms with Crippen LogP contribution in [-0.2, 0) is 17.8 Å². The van der Waals surface area contributed by atoms with E-state index in [1.165, 1.54) is 0 Å². The Balaban J connectivity index is 1.51. The van der Waals surface area contributed by atoms with Crippen molar-refractivity contribution < 1.29 is 18.8 Å². The van der Waals surface area contributed by atoms with Crippen molar-refractivity contribution in [3.63, 3.8) is 0 Å². The molecule has 7 heteroatoms. The monoisotopic (exact) mass is 469 g/mol. The Morgan fingerprint density at radius 3 is 2.31 bits per heavy atom. The lowest BCUT2D eigenvalue weighted by atomic mass is 10.0. The third-order valence-corrected chi connectivity index (χ3v) is 5.62. The molecule has 35 heavy (non-hydrogen) atoms. The zero-order valence-corrected chi connectivity index (χ0v) is 19.7. The van der Waals surface area contributed by atoms with Gasteiger partial charge in [-0.1, -0.05) is 78.0 Å². The van der Waals surface area contributed by atoms with Gasteiger partial charge in [-0.25, -0.2) is 0 Å². The van der Waals surface area contributed by atoms with E-state index >= 15 is 0 Å². The van der Waals surface area contributed by atoms with Gasteiger partial charge >= 0.3 is 0 Å². The third-order valence-electron chi connectivity index (χ3n) is 5.62. The molecule has 1 aromatic heterocycles. The maximum atomic E-state index is 13.4. The number of nitrogens with one attached hydrogen (secondary N) is 1. The van der Waals surface area contributed by atoms with Gasteiger partial charge in [-0.05, 0) is 23.3 Å². The number of ether oxygens (including phenoxy) is 1. The zero-order valence-electron chi connectivity index (χ0n) is 19.7. The average Bonchev–Trinajstić information content (AvgIpc) is 3.40. The summed E-state index contributed by atoms with van der Waals surface area (Å²) in [5, 5.41) is 6.79. The number of likely N-dealkylation sites (N-methyl/N-ethyl adjacent to an activating group) is 1. The molecule has 0 aliphatic rings. The fraction of sp³-hybridized carbons (Fsp3) is 0.179. The molecule has 0 saturated heterocycles. The van der Waals surface area contributed by atoms with E-state index in [4.69, 9.17) is 9.26 Å². The van der Waals surface area contributed by atoms with Gasteiger partial charge in [0, 0.05) is 31.6 Å². The van der Waals surface area contributed by atoms with Crippen LogP contribution in [0, 0.1) is 0 Å². The predicted octanol–water partition coefficient (Wildman–Crippen LogP) is 4.35.